The van der Waals surface area contributed by atoms with Gasteiger partial charge in [-0.15, -0.1) is 0 Å². The number of rotatable bonds is 6. The van der Waals surface area contributed by atoms with E-state index >= 15 is 0 Å². The molecule has 1 fully saturated rings. The van der Waals surface area contributed by atoms with Gasteiger partial charge in [-0.25, -0.2) is 15.0 Å². The number of piperidine rings is 1. The second-order valence-electron chi connectivity index (χ2n) is 6.72. The largest absolute Gasteiger partial charge is 0.484 e. The van der Waals surface area contributed by atoms with E-state index in [0.29, 0.717) is 24.1 Å². The van der Waals surface area contributed by atoms with Crippen LogP contribution in [0.2, 0.25) is 0 Å². The number of nitrogens with zero attached hydrogens (tertiary/aromatic N) is 5. The predicted octanol–water partition coefficient (Wildman–Crippen LogP) is 3.14. The van der Waals surface area contributed by atoms with E-state index in [9.17, 15) is 4.79 Å². The van der Waals surface area contributed by atoms with Crippen LogP contribution in [0.1, 0.15) is 31.0 Å². The number of hydrogen-bond donors (Lipinski definition) is 1. The Kier molecular flexibility index (Phi) is 5.89. The maximum absolute atomic E-state index is 12.9. The smallest absolute Gasteiger partial charge is 0.261 e. The quantitative estimate of drug-likeness (QED) is 0.691. The van der Waals surface area contributed by atoms with E-state index in [0.717, 1.165) is 25.0 Å². The molecule has 8 heteroatoms. The minimum atomic E-state index is -0.0963. The lowest BCUT2D eigenvalue weighted by Crippen LogP contribution is -2.41. The Morgan fingerprint density at radius 2 is 2.00 bits per heavy atom. The lowest BCUT2D eigenvalue weighted by Gasteiger charge is -2.35. The zero-order chi connectivity index (χ0) is 19.9. The van der Waals surface area contributed by atoms with Crippen molar-refractivity contribution in [2.45, 2.75) is 25.3 Å². The third-order valence-corrected chi connectivity index (χ3v) is 4.75. The van der Waals surface area contributed by atoms with Crippen molar-refractivity contribution >= 4 is 17.7 Å². The minimum absolute atomic E-state index is 0.0102. The van der Waals surface area contributed by atoms with Gasteiger partial charge in [-0.2, -0.15) is 0 Å². The Bertz CT molecular complexity index is 938. The lowest BCUT2D eigenvalue weighted by molar-refractivity contribution is -0.137. The van der Waals surface area contributed by atoms with Crippen molar-refractivity contribution < 1.29 is 9.53 Å². The molecule has 29 heavy (non-hydrogen) atoms. The summed E-state index contributed by atoms with van der Waals surface area (Å²) in [6.45, 7) is 0.703. The zero-order valence-electron chi connectivity index (χ0n) is 15.9. The Morgan fingerprint density at radius 1 is 1.10 bits per heavy atom. The number of nitrogens with one attached hydrogen (secondary N) is 1. The van der Waals surface area contributed by atoms with E-state index in [2.05, 4.69) is 25.3 Å². The minimum Gasteiger partial charge on any atom is -0.484 e. The fourth-order valence-corrected chi connectivity index (χ4v) is 3.38. The van der Waals surface area contributed by atoms with E-state index in [1.54, 1.807) is 24.8 Å². The Balaban J connectivity index is 1.47. The number of hydrogen-bond acceptors (Lipinski definition) is 7. The number of benzene rings is 1. The number of aromatic nitrogens is 4. The van der Waals surface area contributed by atoms with Crippen LogP contribution < -0.4 is 10.1 Å². The summed E-state index contributed by atoms with van der Waals surface area (Å²) in [6.07, 6.45) is 9.38. The molecule has 4 rings (SSSR count). The molecule has 0 saturated carbocycles. The number of carbonyl (C=O) groups is 1. The first-order chi connectivity index (χ1) is 14.3. The van der Waals surface area contributed by atoms with E-state index in [-0.39, 0.29) is 18.6 Å². The van der Waals surface area contributed by atoms with Gasteiger partial charge in [0.25, 0.3) is 5.91 Å². The first kappa shape index (κ1) is 18.8. The summed E-state index contributed by atoms with van der Waals surface area (Å²) in [5, 5.41) is 3.05. The average molecular weight is 390 g/mol. The molecule has 1 aromatic carbocycles. The molecule has 0 bridgehead atoms. The number of para-hydroxylation sites is 1. The van der Waals surface area contributed by atoms with E-state index in [4.69, 9.17) is 4.74 Å². The van der Waals surface area contributed by atoms with Gasteiger partial charge in [-0.3, -0.25) is 9.78 Å². The predicted molar refractivity (Wildman–Crippen MR) is 108 cm³/mol. The molecule has 0 aliphatic carbocycles. The van der Waals surface area contributed by atoms with E-state index < -0.39 is 0 Å². The van der Waals surface area contributed by atoms with Gasteiger partial charge in [-0.05, 0) is 37.5 Å². The summed E-state index contributed by atoms with van der Waals surface area (Å²) >= 11 is 0. The average Bonchev–Trinajstić information content (AvgIpc) is 2.79. The summed E-state index contributed by atoms with van der Waals surface area (Å²) < 4.78 is 5.66. The molecule has 2 aromatic heterocycles. The lowest BCUT2D eigenvalue weighted by atomic mass is 9.99. The fraction of sp³-hybridized carbons (Fsp3) is 0.286. The Morgan fingerprint density at radius 3 is 2.83 bits per heavy atom. The van der Waals surface area contributed by atoms with E-state index in [1.165, 1.54) is 0 Å². The van der Waals surface area contributed by atoms with Crippen LogP contribution in [-0.4, -0.2) is 43.9 Å². The van der Waals surface area contributed by atoms with Crippen LogP contribution in [0.3, 0.4) is 0 Å². The van der Waals surface area contributed by atoms with Crippen molar-refractivity contribution in [3.05, 3.63) is 66.9 Å². The van der Waals surface area contributed by atoms with Gasteiger partial charge in [0.2, 0.25) is 5.95 Å². The molecule has 1 atom stereocenters. The zero-order valence-corrected chi connectivity index (χ0v) is 15.9. The third-order valence-electron chi connectivity index (χ3n) is 4.75. The molecule has 1 aliphatic heterocycles. The fourth-order valence-electron chi connectivity index (χ4n) is 3.38. The topological polar surface area (TPSA) is 93.1 Å². The van der Waals surface area contributed by atoms with Gasteiger partial charge in [0.05, 0.1) is 17.9 Å². The van der Waals surface area contributed by atoms with Gasteiger partial charge in [0.1, 0.15) is 5.75 Å². The summed E-state index contributed by atoms with van der Waals surface area (Å²) in [5.74, 6) is 1.64. The van der Waals surface area contributed by atoms with Crippen molar-refractivity contribution in [1.82, 2.24) is 24.8 Å². The van der Waals surface area contributed by atoms with Gasteiger partial charge in [0.15, 0.2) is 12.4 Å². The maximum atomic E-state index is 12.9. The molecular formula is C21H22N6O2. The third kappa shape index (κ3) is 4.84. The molecule has 0 unspecified atom stereocenters. The van der Waals surface area contributed by atoms with Crippen molar-refractivity contribution in [2.75, 3.05) is 18.5 Å². The molecule has 1 aliphatic rings. The van der Waals surface area contributed by atoms with Crippen LogP contribution in [-0.2, 0) is 4.79 Å². The van der Waals surface area contributed by atoms with Crippen molar-refractivity contribution in [2.24, 2.45) is 0 Å². The molecule has 1 saturated heterocycles. The number of ether oxygens (including phenoxy) is 1. The molecule has 1 N–H and O–H groups in total. The maximum Gasteiger partial charge on any atom is 0.261 e. The number of amides is 1. The molecule has 3 aromatic rings. The SMILES string of the molecule is O=C(COc1ccccc1)N1CCCC[C@H]1c1ccnc(Nc2cnccn2)n1. The first-order valence-corrected chi connectivity index (χ1v) is 9.63. The summed E-state index contributed by atoms with van der Waals surface area (Å²) in [7, 11) is 0. The van der Waals surface area contributed by atoms with Crippen LogP contribution in [0.15, 0.2) is 61.2 Å². The highest BCUT2D eigenvalue weighted by Gasteiger charge is 2.29. The van der Waals surface area contributed by atoms with Crippen molar-refractivity contribution in [3.63, 3.8) is 0 Å². The molecule has 8 nitrogen and oxygen atoms in total. The molecule has 3 heterocycles. The number of anilines is 2. The van der Waals surface area contributed by atoms with Gasteiger partial charge < -0.3 is 15.0 Å². The van der Waals surface area contributed by atoms with Crippen LogP contribution in [0.4, 0.5) is 11.8 Å². The highest BCUT2D eigenvalue weighted by molar-refractivity contribution is 5.78. The summed E-state index contributed by atoms with van der Waals surface area (Å²) in [5.41, 5.74) is 0.805. The second kappa shape index (κ2) is 9.09. The first-order valence-electron chi connectivity index (χ1n) is 9.63. The molecule has 1 amide bonds. The number of carbonyl (C=O) groups excluding carboxylic acids is 1. The van der Waals surface area contributed by atoms with Gasteiger partial charge in [0, 0.05) is 25.1 Å². The van der Waals surface area contributed by atoms with E-state index in [1.807, 2.05) is 41.3 Å². The summed E-state index contributed by atoms with van der Waals surface area (Å²) in [6, 6.07) is 11.1. The molecule has 0 radical (unpaired) electrons. The highest BCUT2D eigenvalue weighted by atomic mass is 16.5. The van der Waals surface area contributed by atoms with Crippen LogP contribution in [0.5, 0.6) is 5.75 Å². The van der Waals surface area contributed by atoms with Crippen molar-refractivity contribution in [1.29, 1.82) is 0 Å². The van der Waals surface area contributed by atoms with Gasteiger partial charge in [-0.1, -0.05) is 18.2 Å². The van der Waals surface area contributed by atoms with Crippen LogP contribution >= 0.6 is 0 Å². The second-order valence-corrected chi connectivity index (χ2v) is 6.72. The Labute approximate surface area is 169 Å². The highest BCUT2D eigenvalue weighted by Crippen LogP contribution is 2.30. The normalized spacial score (nSPS) is 16.3. The van der Waals surface area contributed by atoms with Crippen LogP contribution in [0, 0.1) is 0 Å². The number of likely N-dealkylation sites (tertiary alicyclic amines) is 1. The monoisotopic (exact) mass is 390 g/mol. The summed E-state index contributed by atoms with van der Waals surface area (Å²) in [4.78, 5) is 31.8. The Hall–Kier alpha value is -3.55. The standard InChI is InChI=1S/C21H22N6O2/c28-20(15-29-16-6-2-1-3-7-16)27-13-5-4-8-18(27)17-9-10-24-21(25-17)26-19-14-22-11-12-23-19/h1-3,6-7,9-12,14,18H,4-5,8,13,15H2,(H,23,24,25,26)/t18-/m0/s1. The molecule has 0 spiro atoms. The van der Waals surface area contributed by atoms with Gasteiger partial charge >= 0.3 is 0 Å². The van der Waals surface area contributed by atoms with Crippen LogP contribution in [0.25, 0.3) is 0 Å². The van der Waals surface area contributed by atoms with Crippen molar-refractivity contribution in [3.8, 4) is 5.75 Å². The molecular weight excluding hydrogens is 368 g/mol. The molecule has 148 valence electrons.